The first kappa shape index (κ1) is 21.1. The first-order valence-corrected chi connectivity index (χ1v) is 10.3. The van der Waals surface area contributed by atoms with E-state index in [-0.39, 0.29) is 22.4 Å². The van der Waals surface area contributed by atoms with Crippen LogP contribution in [0.5, 0.6) is 0 Å². The van der Waals surface area contributed by atoms with Crippen LogP contribution in [-0.4, -0.2) is 12.9 Å². The van der Waals surface area contributed by atoms with E-state index in [1.807, 2.05) is 19.1 Å². The van der Waals surface area contributed by atoms with Crippen molar-refractivity contribution in [1.82, 2.24) is 0 Å². The second-order valence-corrected chi connectivity index (χ2v) is 9.30. The molecule has 0 unspecified atom stereocenters. The summed E-state index contributed by atoms with van der Waals surface area (Å²) in [5.41, 5.74) is 5.43. The summed E-state index contributed by atoms with van der Waals surface area (Å²) in [5, 5.41) is 2.51. The molecule has 0 saturated heterocycles. The van der Waals surface area contributed by atoms with E-state index in [0.29, 0.717) is 0 Å². The topological polar surface area (TPSA) is 26.3 Å². The number of ether oxygens (including phenoxy) is 1. The van der Waals surface area contributed by atoms with Crippen LogP contribution in [0.1, 0.15) is 64.2 Å². The Hall–Kier alpha value is -2.61. The van der Waals surface area contributed by atoms with Crippen molar-refractivity contribution in [3.8, 4) is 0 Å². The normalized spacial score (nSPS) is 17.9. The molecular weight excluding hydrogens is 356 g/mol. The van der Waals surface area contributed by atoms with Gasteiger partial charge in [-0.3, -0.25) is 4.79 Å². The molecule has 0 aliphatic heterocycles. The highest BCUT2D eigenvalue weighted by Gasteiger charge is 2.37. The van der Waals surface area contributed by atoms with Crippen molar-refractivity contribution in [1.29, 1.82) is 0 Å². The fourth-order valence-electron chi connectivity index (χ4n) is 4.21. The van der Waals surface area contributed by atoms with Gasteiger partial charge in [-0.25, -0.2) is 0 Å². The molecule has 2 aromatic carbocycles. The van der Waals surface area contributed by atoms with Crippen molar-refractivity contribution in [3.05, 3.63) is 77.6 Å². The largest absolute Gasteiger partial charge is 0.493 e. The van der Waals surface area contributed by atoms with Crippen LogP contribution in [-0.2, 0) is 20.4 Å². The van der Waals surface area contributed by atoms with Crippen LogP contribution in [0.15, 0.2) is 60.9 Å². The van der Waals surface area contributed by atoms with Gasteiger partial charge in [0.15, 0.2) is 5.76 Å². The fourth-order valence-corrected chi connectivity index (χ4v) is 4.21. The number of methoxy groups -OCH3 is 1. The second-order valence-electron chi connectivity index (χ2n) is 9.30. The quantitative estimate of drug-likeness (QED) is 0.317. The summed E-state index contributed by atoms with van der Waals surface area (Å²) in [7, 11) is 1.46. The summed E-state index contributed by atoms with van der Waals surface area (Å²) in [6, 6.07) is 11.3. The monoisotopic (exact) mass is 388 g/mol. The Morgan fingerprint density at radius 3 is 2.10 bits per heavy atom. The number of hydrogen-bond acceptors (Lipinski definition) is 2. The van der Waals surface area contributed by atoms with E-state index < -0.39 is 0 Å². The predicted molar refractivity (Wildman–Crippen MR) is 123 cm³/mol. The van der Waals surface area contributed by atoms with Crippen molar-refractivity contribution in [2.75, 3.05) is 7.11 Å². The predicted octanol–water partition coefficient (Wildman–Crippen LogP) is 6.88. The standard InChI is InChI=1S/C27H32O2/c1-8-19(11-12-25(28)18(2)29-7)20-9-10-21-16-23-24(17-22(21)15-20)27(5,6)14-13-26(23,3)4/h8-12,15-17H,2,13-14H2,1,3-7H3/b12-11-,19-8+. The zero-order valence-corrected chi connectivity index (χ0v) is 18.6. The van der Waals surface area contributed by atoms with Gasteiger partial charge in [0.05, 0.1) is 7.11 Å². The van der Waals surface area contributed by atoms with E-state index in [1.54, 1.807) is 0 Å². The van der Waals surface area contributed by atoms with Gasteiger partial charge in [0.1, 0.15) is 0 Å². The van der Waals surface area contributed by atoms with Crippen LogP contribution < -0.4 is 0 Å². The third-order valence-electron chi connectivity index (χ3n) is 6.39. The van der Waals surface area contributed by atoms with Gasteiger partial charge in [-0.15, -0.1) is 0 Å². The minimum absolute atomic E-state index is 0.145. The molecule has 0 heterocycles. The number of fused-ring (bicyclic) bond motifs is 2. The molecule has 0 amide bonds. The number of ketones is 1. The second kappa shape index (κ2) is 7.67. The van der Waals surface area contributed by atoms with Crippen LogP contribution in [0.25, 0.3) is 16.3 Å². The number of carbonyl (C=O) groups excluding carboxylic acids is 1. The van der Waals surface area contributed by atoms with E-state index in [0.717, 1.165) is 11.1 Å². The smallest absolute Gasteiger partial charge is 0.219 e. The highest BCUT2D eigenvalue weighted by molar-refractivity contribution is 6.03. The van der Waals surface area contributed by atoms with Crippen LogP contribution >= 0.6 is 0 Å². The SMILES string of the molecule is C=C(OC)C(=O)/C=C\C(=C/C)c1ccc2cc3c(cc2c1)C(C)(C)CCC3(C)C. The molecule has 2 heteroatoms. The molecule has 3 rings (SSSR count). The summed E-state index contributed by atoms with van der Waals surface area (Å²) < 4.78 is 4.92. The van der Waals surface area contributed by atoms with Gasteiger partial charge in [0, 0.05) is 0 Å². The number of benzene rings is 2. The molecule has 0 N–H and O–H groups in total. The summed E-state index contributed by atoms with van der Waals surface area (Å²) in [6.45, 7) is 15.0. The van der Waals surface area contributed by atoms with Crippen LogP contribution in [0, 0.1) is 0 Å². The maximum absolute atomic E-state index is 12.0. The van der Waals surface area contributed by atoms with Crippen molar-refractivity contribution in [2.45, 2.75) is 58.3 Å². The van der Waals surface area contributed by atoms with E-state index in [1.165, 1.54) is 47.9 Å². The van der Waals surface area contributed by atoms with Gasteiger partial charge in [-0.05, 0) is 75.8 Å². The van der Waals surface area contributed by atoms with E-state index in [9.17, 15) is 4.79 Å². The molecule has 1 aliphatic rings. The summed E-state index contributed by atoms with van der Waals surface area (Å²) in [5.74, 6) is -0.0719. The zero-order valence-electron chi connectivity index (χ0n) is 18.6. The number of hydrogen-bond donors (Lipinski definition) is 0. The van der Waals surface area contributed by atoms with Crippen LogP contribution in [0.4, 0.5) is 0 Å². The summed E-state index contributed by atoms with van der Waals surface area (Å²) in [4.78, 5) is 12.0. The average Bonchev–Trinajstić information content (AvgIpc) is 2.70. The molecule has 2 aromatic rings. The molecule has 0 atom stereocenters. The van der Waals surface area contributed by atoms with Gasteiger partial charge in [-0.1, -0.05) is 70.7 Å². The van der Waals surface area contributed by atoms with Gasteiger partial charge in [0.2, 0.25) is 5.78 Å². The molecule has 0 fully saturated rings. The molecule has 0 saturated carbocycles. The minimum atomic E-state index is -0.217. The van der Waals surface area contributed by atoms with Crippen molar-refractivity contribution in [2.24, 2.45) is 0 Å². The third kappa shape index (κ3) is 4.07. The maximum atomic E-state index is 12.0. The zero-order chi connectivity index (χ0) is 21.4. The minimum Gasteiger partial charge on any atom is -0.493 e. The number of carbonyl (C=O) groups is 1. The van der Waals surface area contributed by atoms with E-state index >= 15 is 0 Å². The third-order valence-corrected chi connectivity index (χ3v) is 6.39. The lowest BCUT2D eigenvalue weighted by molar-refractivity contribution is -0.114. The van der Waals surface area contributed by atoms with E-state index in [4.69, 9.17) is 4.74 Å². The lowest BCUT2D eigenvalue weighted by Gasteiger charge is -2.42. The lowest BCUT2D eigenvalue weighted by Crippen LogP contribution is -2.33. The van der Waals surface area contributed by atoms with Crippen LogP contribution in [0.3, 0.4) is 0 Å². The lowest BCUT2D eigenvalue weighted by atomic mass is 9.63. The molecule has 0 bridgehead atoms. The summed E-state index contributed by atoms with van der Waals surface area (Å²) in [6.07, 6.45) is 7.78. The average molecular weight is 389 g/mol. The van der Waals surface area contributed by atoms with Gasteiger partial charge in [-0.2, -0.15) is 0 Å². The van der Waals surface area contributed by atoms with Gasteiger partial charge in [0.25, 0.3) is 0 Å². The maximum Gasteiger partial charge on any atom is 0.219 e. The highest BCUT2D eigenvalue weighted by atomic mass is 16.5. The van der Waals surface area contributed by atoms with Crippen molar-refractivity contribution >= 4 is 22.1 Å². The van der Waals surface area contributed by atoms with Crippen molar-refractivity contribution in [3.63, 3.8) is 0 Å². The van der Waals surface area contributed by atoms with Crippen molar-refractivity contribution < 1.29 is 9.53 Å². The molecule has 0 radical (unpaired) electrons. The molecule has 0 spiro atoms. The first-order valence-electron chi connectivity index (χ1n) is 10.3. The first-order chi connectivity index (χ1) is 13.6. The molecular formula is C27H32O2. The van der Waals surface area contributed by atoms with Gasteiger partial charge < -0.3 is 4.74 Å². The summed E-state index contributed by atoms with van der Waals surface area (Å²) >= 11 is 0. The Morgan fingerprint density at radius 1 is 0.966 bits per heavy atom. The Bertz CT molecular complexity index is 1030. The Kier molecular flexibility index (Phi) is 5.58. The van der Waals surface area contributed by atoms with E-state index in [2.05, 4.69) is 64.6 Å². The Balaban J connectivity index is 2.05. The number of allylic oxidation sites excluding steroid dienone is 4. The highest BCUT2D eigenvalue weighted by Crippen LogP contribution is 2.47. The van der Waals surface area contributed by atoms with Crippen LogP contribution in [0.2, 0.25) is 0 Å². The van der Waals surface area contributed by atoms with Gasteiger partial charge >= 0.3 is 0 Å². The molecule has 1 aliphatic carbocycles. The Labute approximate surface area is 175 Å². The fraction of sp³-hybridized carbons (Fsp3) is 0.370. The molecule has 152 valence electrons. The molecule has 2 nitrogen and oxygen atoms in total. The molecule has 29 heavy (non-hydrogen) atoms. The molecule has 0 aromatic heterocycles. The Morgan fingerprint density at radius 2 is 1.55 bits per heavy atom. The number of rotatable bonds is 5.